The molecule has 0 aliphatic rings. The van der Waals surface area contributed by atoms with E-state index in [2.05, 4.69) is 31.1 Å². The van der Waals surface area contributed by atoms with Crippen LogP contribution in [0.25, 0.3) is 21.5 Å². The molecule has 66 heavy (non-hydrogen) atoms. The van der Waals surface area contributed by atoms with E-state index in [1.807, 2.05) is 0 Å². The average Bonchev–Trinajstić information content (AvgIpc) is 3.17. The van der Waals surface area contributed by atoms with Gasteiger partial charge in [0.25, 0.3) is 0 Å². The van der Waals surface area contributed by atoms with E-state index < -0.39 is 66.1 Å². The Labute approximate surface area is 426 Å². The minimum absolute atomic E-state index is 0. The van der Waals surface area contributed by atoms with Crippen LogP contribution in [0.5, 0.6) is 11.5 Å². The molecule has 0 saturated carbocycles. The topological polar surface area (TPSA) is 338 Å². The summed E-state index contributed by atoms with van der Waals surface area (Å²) in [6.07, 6.45) is 0. The van der Waals surface area contributed by atoms with Crippen LogP contribution < -0.4 is 95.5 Å². The van der Waals surface area contributed by atoms with E-state index in [9.17, 15) is 56.7 Å². The molecule has 0 radical (unpaired) electrons. The molecule has 6 aromatic carbocycles. The minimum Gasteiger partial charge on any atom is -0.744 e. The standard InChI is InChI=1S/C37H32N6O15S4.4Li/c1-19-10-30(32(57-3)17-28(19)42-40-22-9-8-21-12-24(59(45,46)47)16-36(26(21)13-22)62(54,55)56)38-37(44)39-31-11-20(2)29(18-33(31)58-4)43-41-23-14-27-25(35(15-23)61(51,52)53)6-5-7-34(27)60(48,49)50;;;;/h5-18H,1-4H3,(H2,38,39,44)(H,45,46,47)(H,48,49,50)(H,51,52,53)(H,54,55,56);;;;/q;4*+1/p-4. The van der Waals surface area contributed by atoms with Gasteiger partial charge in [0, 0.05) is 28.3 Å². The molecule has 6 rings (SSSR count). The van der Waals surface area contributed by atoms with Gasteiger partial charge in [-0.2, -0.15) is 20.5 Å². The Morgan fingerprint density at radius 1 is 0.500 bits per heavy atom. The maximum atomic E-state index is 13.3. The van der Waals surface area contributed by atoms with Gasteiger partial charge in [0.15, 0.2) is 0 Å². The minimum atomic E-state index is -5.22. The molecule has 0 aromatic heterocycles. The predicted octanol–water partition coefficient (Wildman–Crippen LogP) is -5.27. The molecule has 0 atom stereocenters. The molecule has 0 spiro atoms. The quantitative estimate of drug-likeness (QED) is 0.0658. The number of benzene rings is 6. The van der Waals surface area contributed by atoms with Gasteiger partial charge in [-0.05, 0) is 85.0 Å². The fourth-order valence-electron chi connectivity index (χ4n) is 6.09. The first kappa shape index (κ1) is 58.1. The van der Waals surface area contributed by atoms with Crippen molar-refractivity contribution in [2.75, 3.05) is 24.9 Å². The van der Waals surface area contributed by atoms with Gasteiger partial charge in [0.05, 0.1) is 67.9 Å². The van der Waals surface area contributed by atoms with Crippen molar-refractivity contribution < 1.29 is 142 Å². The number of nitrogens with one attached hydrogen (secondary N) is 2. The van der Waals surface area contributed by atoms with Crippen LogP contribution in [-0.2, 0) is 40.5 Å². The smallest absolute Gasteiger partial charge is 0.744 e. The van der Waals surface area contributed by atoms with Crippen molar-refractivity contribution in [3.63, 3.8) is 0 Å². The van der Waals surface area contributed by atoms with Gasteiger partial charge >= 0.3 is 81.5 Å². The number of rotatable bonds is 12. The molecule has 0 saturated heterocycles. The Hall–Kier alpha value is -4.06. The van der Waals surface area contributed by atoms with E-state index in [1.165, 1.54) is 62.8 Å². The van der Waals surface area contributed by atoms with Crippen LogP contribution in [0.2, 0.25) is 0 Å². The van der Waals surface area contributed by atoms with E-state index in [0.29, 0.717) is 17.2 Å². The number of methoxy groups -OCH3 is 2. The van der Waals surface area contributed by atoms with Gasteiger partial charge in [-0.15, -0.1) is 0 Å². The fourth-order valence-corrected chi connectivity index (χ4v) is 8.81. The van der Waals surface area contributed by atoms with Crippen LogP contribution in [-0.4, -0.2) is 72.1 Å². The zero-order valence-corrected chi connectivity index (χ0v) is 39.4. The predicted molar refractivity (Wildman–Crippen MR) is 216 cm³/mol. The molecule has 0 bridgehead atoms. The first-order valence-electron chi connectivity index (χ1n) is 17.1. The Bertz CT molecular complexity index is 3400. The third kappa shape index (κ3) is 13.3. The number of urea groups is 1. The van der Waals surface area contributed by atoms with Crippen molar-refractivity contribution in [2.45, 2.75) is 33.4 Å². The molecule has 6 aromatic rings. The maximum Gasteiger partial charge on any atom is 1.00 e. The van der Waals surface area contributed by atoms with Crippen LogP contribution in [0, 0.1) is 13.8 Å². The van der Waals surface area contributed by atoms with Gasteiger partial charge in [0.1, 0.15) is 52.0 Å². The number of azo groups is 2. The number of hydrogen-bond donors (Lipinski definition) is 2. The Kier molecular flexibility index (Phi) is 19.7. The number of aryl methyl sites for hydroxylation is 2. The second-order valence-electron chi connectivity index (χ2n) is 13.1. The summed E-state index contributed by atoms with van der Waals surface area (Å²) in [5, 5.41) is 20.8. The molecule has 0 unspecified atom stereocenters. The largest absolute Gasteiger partial charge is 1.00 e. The maximum absolute atomic E-state index is 13.3. The van der Waals surface area contributed by atoms with Crippen LogP contribution in [0.3, 0.4) is 0 Å². The van der Waals surface area contributed by atoms with Crippen molar-refractivity contribution >= 4 is 102 Å². The molecule has 0 aliphatic heterocycles. The van der Waals surface area contributed by atoms with Crippen molar-refractivity contribution in [2.24, 2.45) is 20.5 Å². The van der Waals surface area contributed by atoms with Crippen LogP contribution in [0.15, 0.2) is 125 Å². The fraction of sp³-hybridized carbons (Fsp3) is 0.108. The third-order valence-electron chi connectivity index (χ3n) is 8.95. The number of carbonyl (C=O) groups excluding carboxylic acids is 1. The summed E-state index contributed by atoms with van der Waals surface area (Å²) < 4.78 is 153. The first-order valence-corrected chi connectivity index (χ1v) is 22.8. The molecule has 0 aliphatic carbocycles. The van der Waals surface area contributed by atoms with Gasteiger partial charge in [0.2, 0.25) is 0 Å². The SMILES string of the molecule is COc1cc(N=Nc2ccc3cc(S(=O)(=O)[O-])cc(S(=O)(=O)[O-])c3c2)c(C)cc1NC(=O)Nc1cc(C)c(N=Nc2cc(S(=O)(=O)[O-])c3cccc(S(=O)(=O)[O-])c3c2)cc1OC.[Li+].[Li+].[Li+].[Li+]. The van der Waals surface area contributed by atoms with E-state index in [4.69, 9.17) is 9.47 Å². The summed E-state index contributed by atoms with van der Waals surface area (Å²) in [6.45, 7) is 3.22. The van der Waals surface area contributed by atoms with Crippen molar-refractivity contribution in [3.8, 4) is 11.5 Å². The number of fused-ring (bicyclic) bond motifs is 2. The van der Waals surface area contributed by atoms with E-state index in [0.717, 1.165) is 30.3 Å². The number of nitrogens with zero attached hydrogens (tertiary/aromatic N) is 4. The second kappa shape index (κ2) is 22.4. The van der Waals surface area contributed by atoms with Gasteiger partial charge in [-0.3, -0.25) is 0 Å². The second-order valence-corrected chi connectivity index (χ2v) is 18.5. The first-order chi connectivity index (χ1) is 28.9. The normalized spacial score (nSPS) is 11.9. The van der Waals surface area contributed by atoms with Crippen LogP contribution >= 0.6 is 0 Å². The summed E-state index contributed by atoms with van der Waals surface area (Å²) >= 11 is 0. The summed E-state index contributed by atoms with van der Waals surface area (Å²) in [5.41, 5.74) is 1.40. The number of carbonyl (C=O) groups is 1. The molecular formula is C37H28Li4N6O15S4. The third-order valence-corrected chi connectivity index (χ3v) is 12.4. The van der Waals surface area contributed by atoms with Crippen molar-refractivity contribution in [1.29, 1.82) is 0 Å². The average molecular weight is 953 g/mol. The summed E-state index contributed by atoms with van der Waals surface area (Å²) in [5.74, 6) is 0.217. The molecule has 29 heteroatoms. The molecule has 21 nitrogen and oxygen atoms in total. The zero-order chi connectivity index (χ0) is 45.5. The Morgan fingerprint density at radius 3 is 1.44 bits per heavy atom. The molecule has 0 fully saturated rings. The van der Waals surface area contributed by atoms with Crippen molar-refractivity contribution in [1.82, 2.24) is 0 Å². The van der Waals surface area contributed by atoms with Crippen LogP contribution in [0.1, 0.15) is 11.1 Å². The number of hydrogen-bond acceptors (Lipinski definition) is 19. The van der Waals surface area contributed by atoms with E-state index in [-0.39, 0.29) is 143 Å². The number of anilines is 2. The molecule has 2 amide bonds. The van der Waals surface area contributed by atoms with Gasteiger partial charge < -0.3 is 38.3 Å². The Balaban J connectivity index is 0.00000374. The van der Waals surface area contributed by atoms with Gasteiger partial charge in [-0.1, -0.05) is 18.2 Å². The summed E-state index contributed by atoms with van der Waals surface area (Å²) in [4.78, 5) is 9.84. The zero-order valence-electron chi connectivity index (χ0n) is 36.1. The molecular weight excluding hydrogens is 924 g/mol. The monoisotopic (exact) mass is 952 g/mol. The number of amides is 2. The van der Waals surface area contributed by atoms with Crippen LogP contribution in [0.4, 0.5) is 38.9 Å². The van der Waals surface area contributed by atoms with E-state index in [1.54, 1.807) is 13.8 Å². The number of ether oxygens (including phenoxy) is 2. The Morgan fingerprint density at radius 2 is 0.970 bits per heavy atom. The van der Waals surface area contributed by atoms with Crippen molar-refractivity contribution in [3.05, 3.63) is 96.1 Å². The van der Waals surface area contributed by atoms with Gasteiger partial charge in [-0.25, -0.2) is 38.5 Å². The summed E-state index contributed by atoms with van der Waals surface area (Å²) in [6, 6.07) is 15.5. The molecule has 2 N–H and O–H groups in total. The molecule has 324 valence electrons. The summed E-state index contributed by atoms with van der Waals surface area (Å²) in [7, 11) is -18.0. The van der Waals surface area contributed by atoms with E-state index >= 15 is 0 Å². The molecule has 0 heterocycles.